The predicted octanol–water partition coefficient (Wildman–Crippen LogP) is 4.28. The molecule has 1 aromatic carbocycles. The zero-order valence-electron chi connectivity index (χ0n) is 9.72. The van der Waals surface area contributed by atoms with Gasteiger partial charge in [0.1, 0.15) is 0 Å². The van der Waals surface area contributed by atoms with E-state index in [1.54, 1.807) is 0 Å². The fourth-order valence-corrected chi connectivity index (χ4v) is 2.30. The monoisotopic (exact) mass is 294 g/mol. The van der Waals surface area contributed by atoms with Crippen molar-refractivity contribution in [3.05, 3.63) is 29.1 Å². The van der Waals surface area contributed by atoms with Crippen molar-refractivity contribution in [3.63, 3.8) is 0 Å². The first-order valence-electron chi connectivity index (χ1n) is 5.65. The van der Waals surface area contributed by atoms with Gasteiger partial charge in [0.05, 0.1) is 0 Å². The highest BCUT2D eigenvalue weighted by molar-refractivity contribution is 7.95. The molecule has 19 heavy (non-hydrogen) atoms. The molecule has 2 rings (SSSR count). The molecule has 0 unspecified atom stereocenters. The molecular weight excluding hydrogens is 284 g/mol. The van der Waals surface area contributed by atoms with E-state index in [-0.39, 0.29) is 16.9 Å². The minimum absolute atomic E-state index is 0.155. The van der Waals surface area contributed by atoms with Crippen molar-refractivity contribution < 1.29 is 26.5 Å². The standard InChI is InChI=1S/C12H10F4O2S/c13-11-8-3-1-2-4-9(17)7(8)5-6-10(11)18-19-12(14,15)16/h5-6H,1-4H2. The lowest BCUT2D eigenvalue weighted by Crippen LogP contribution is -2.06. The second kappa shape index (κ2) is 5.40. The Kier molecular flexibility index (Phi) is 4.03. The Morgan fingerprint density at radius 1 is 1.16 bits per heavy atom. The number of hydrogen-bond acceptors (Lipinski definition) is 3. The summed E-state index contributed by atoms with van der Waals surface area (Å²) in [6, 6.07) is 2.40. The fraction of sp³-hybridized carbons (Fsp3) is 0.417. The van der Waals surface area contributed by atoms with Crippen molar-refractivity contribution in [3.8, 4) is 5.75 Å². The summed E-state index contributed by atoms with van der Waals surface area (Å²) in [7, 11) is 0. The van der Waals surface area contributed by atoms with Crippen LogP contribution >= 0.6 is 12.0 Å². The average molecular weight is 294 g/mol. The average Bonchev–Trinajstić information content (AvgIpc) is 2.50. The number of rotatable bonds is 2. The van der Waals surface area contributed by atoms with Crippen LogP contribution in [0, 0.1) is 5.82 Å². The van der Waals surface area contributed by atoms with Crippen molar-refractivity contribution >= 4 is 17.8 Å². The Morgan fingerprint density at radius 2 is 1.84 bits per heavy atom. The Bertz CT molecular complexity index is 499. The molecule has 0 fully saturated rings. The van der Waals surface area contributed by atoms with Crippen LogP contribution in [0.2, 0.25) is 0 Å². The van der Waals surface area contributed by atoms with E-state index in [1.165, 1.54) is 6.07 Å². The number of fused-ring (bicyclic) bond motifs is 1. The van der Waals surface area contributed by atoms with Gasteiger partial charge in [-0.2, -0.15) is 13.2 Å². The Labute approximate surface area is 111 Å². The van der Waals surface area contributed by atoms with Gasteiger partial charge in [0, 0.05) is 17.5 Å². The van der Waals surface area contributed by atoms with Gasteiger partial charge in [0.2, 0.25) is 0 Å². The van der Waals surface area contributed by atoms with E-state index in [2.05, 4.69) is 4.18 Å². The molecule has 1 aromatic rings. The maximum atomic E-state index is 14.0. The van der Waals surface area contributed by atoms with Gasteiger partial charge in [-0.25, -0.2) is 4.39 Å². The van der Waals surface area contributed by atoms with Gasteiger partial charge in [-0.15, -0.1) is 0 Å². The highest BCUT2D eigenvalue weighted by atomic mass is 32.2. The smallest absolute Gasteiger partial charge is 0.414 e. The lowest BCUT2D eigenvalue weighted by atomic mass is 10.0. The molecule has 0 atom stereocenters. The number of carbonyl (C=O) groups is 1. The number of hydrogen-bond donors (Lipinski definition) is 0. The summed E-state index contributed by atoms with van der Waals surface area (Å²) >= 11 is -0.767. The fourth-order valence-electron chi connectivity index (χ4n) is 1.98. The zero-order chi connectivity index (χ0) is 14.0. The summed E-state index contributed by atoms with van der Waals surface area (Å²) in [5, 5.41) is 0. The third kappa shape index (κ3) is 3.40. The number of halogens is 4. The summed E-state index contributed by atoms with van der Waals surface area (Å²) in [4.78, 5) is 11.7. The summed E-state index contributed by atoms with van der Waals surface area (Å²) in [6.07, 6.45) is 1.96. The van der Waals surface area contributed by atoms with E-state index < -0.39 is 29.1 Å². The summed E-state index contributed by atoms with van der Waals surface area (Å²) < 4.78 is 54.4. The molecule has 0 spiro atoms. The van der Waals surface area contributed by atoms with Crippen LogP contribution in [0.5, 0.6) is 5.75 Å². The number of benzene rings is 1. The molecule has 0 N–H and O–H groups in total. The van der Waals surface area contributed by atoms with E-state index in [0.29, 0.717) is 25.7 Å². The van der Waals surface area contributed by atoms with Crippen LogP contribution in [0.25, 0.3) is 0 Å². The zero-order valence-corrected chi connectivity index (χ0v) is 10.5. The van der Waals surface area contributed by atoms with Crippen LogP contribution < -0.4 is 4.18 Å². The van der Waals surface area contributed by atoms with E-state index in [1.807, 2.05) is 0 Å². The Morgan fingerprint density at radius 3 is 2.53 bits per heavy atom. The third-order valence-corrected chi connectivity index (χ3v) is 3.27. The first-order chi connectivity index (χ1) is 8.88. The number of ketones is 1. The molecule has 0 heterocycles. The van der Waals surface area contributed by atoms with E-state index in [4.69, 9.17) is 0 Å². The summed E-state index contributed by atoms with van der Waals surface area (Å²) in [6.45, 7) is 0. The van der Waals surface area contributed by atoms with Crippen LogP contribution in [-0.2, 0) is 6.42 Å². The Hall–Kier alpha value is -1.24. The third-order valence-electron chi connectivity index (χ3n) is 2.81. The van der Waals surface area contributed by atoms with Crippen LogP contribution in [0.15, 0.2) is 12.1 Å². The largest absolute Gasteiger partial charge is 0.479 e. The van der Waals surface area contributed by atoms with Crippen LogP contribution in [0.3, 0.4) is 0 Å². The molecule has 0 aliphatic heterocycles. The SMILES string of the molecule is O=C1CCCCc2c1ccc(OSC(F)(F)F)c2F. The van der Waals surface area contributed by atoms with E-state index in [9.17, 15) is 22.4 Å². The van der Waals surface area contributed by atoms with Gasteiger partial charge >= 0.3 is 5.51 Å². The van der Waals surface area contributed by atoms with Gasteiger partial charge < -0.3 is 4.18 Å². The molecule has 0 bridgehead atoms. The van der Waals surface area contributed by atoms with E-state index >= 15 is 0 Å². The van der Waals surface area contributed by atoms with Gasteiger partial charge in [0.25, 0.3) is 0 Å². The lowest BCUT2D eigenvalue weighted by molar-refractivity contribution is -0.0370. The molecule has 0 aromatic heterocycles. The van der Waals surface area contributed by atoms with Gasteiger partial charge in [-0.3, -0.25) is 4.79 Å². The van der Waals surface area contributed by atoms with Gasteiger partial charge in [-0.1, -0.05) is 0 Å². The molecule has 104 valence electrons. The molecular formula is C12H10F4O2S. The van der Waals surface area contributed by atoms with Crippen LogP contribution in [0.4, 0.5) is 17.6 Å². The molecule has 7 heteroatoms. The molecule has 1 aliphatic rings. The second-order valence-electron chi connectivity index (χ2n) is 4.15. The topological polar surface area (TPSA) is 26.3 Å². The van der Waals surface area contributed by atoms with Crippen LogP contribution in [-0.4, -0.2) is 11.3 Å². The summed E-state index contributed by atoms with van der Waals surface area (Å²) in [5.41, 5.74) is -4.20. The first-order valence-corrected chi connectivity index (χ1v) is 6.39. The highest BCUT2D eigenvalue weighted by Gasteiger charge is 2.32. The minimum Gasteiger partial charge on any atom is -0.414 e. The lowest BCUT2D eigenvalue weighted by Gasteiger charge is -2.11. The normalized spacial score (nSPS) is 15.9. The minimum atomic E-state index is -4.60. The molecule has 0 radical (unpaired) electrons. The quantitative estimate of drug-likeness (QED) is 0.462. The van der Waals surface area contributed by atoms with Gasteiger partial charge in [-0.05, 0) is 31.4 Å². The van der Waals surface area contributed by atoms with Crippen molar-refractivity contribution in [1.29, 1.82) is 0 Å². The van der Waals surface area contributed by atoms with Crippen molar-refractivity contribution in [2.24, 2.45) is 0 Å². The van der Waals surface area contributed by atoms with Crippen molar-refractivity contribution in [2.75, 3.05) is 0 Å². The molecule has 1 aliphatic carbocycles. The van der Waals surface area contributed by atoms with Gasteiger partial charge in [0.15, 0.2) is 29.4 Å². The van der Waals surface area contributed by atoms with Crippen molar-refractivity contribution in [2.45, 2.75) is 31.2 Å². The number of alkyl halides is 3. The van der Waals surface area contributed by atoms with Crippen LogP contribution in [0.1, 0.15) is 35.2 Å². The maximum absolute atomic E-state index is 14.0. The number of carbonyl (C=O) groups excluding carboxylic acids is 1. The molecule has 0 saturated carbocycles. The highest BCUT2D eigenvalue weighted by Crippen LogP contribution is 2.36. The van der Waals surface area contributed by atoms with Crippen molar-refractivity contribution in [1.82, 2.24) is 0 Å². The number of Topliss-reactive ketones (excluding diaryl/α,β-unsaturated/α-hetero) is 1. The molecule has 2 nitrogen and oxygen atoms in total. The summed E-state index contributed by atoms with van der Waals surface area (Å²) in [5.74, 6) is -1.54. The molecule has 0 amide bonds. The van der Waals surface area contributed by atoms with E-state index in [0.717, 1.165) is 6.07 Å². The first kappa shape index (κ1) is 14.2. The molecule has 0 saturated heterocycles. The second-order valence-corrected chi connectivity index (χ2v) is 4.94. The maximum Gasteiger partial charge on any atom is 0.479 e. The Balaban J connectivity index is 2.29. The predicted molar refractivity (Wildman–Crippen MR) is 62.6 cm³/mol.